The summed E-state index contributed by atoms with van der Waals surface area (Å²) < 4.78 is 47.7. The molecule has 1 amide bonds. The SMILES string of the molecule is COC1=NO[C@@H](NC(=O)c2ccc(C3=NOC(c4cc(Cl)c(Cl)c(Cl)c4)(C(F)(F)F)C3)cc2C)C1. The molecule has 1 unspecified atom stereocenters. The van der Waals surface area contributed by atoms with Crippen LogP contribution in [0.5, 0.6) is 0 Å². The Morgan fingerprint density at radius 3 is 2.43 bits per heavy atom. The van der Waals surface area contributed by atoms with E-state index in [-0.39, 0.29) is 32.8 Å². The van der Waals surface area contributed by atoms with E-state index in [2.05, 4.69) is 15.6 Å². The summed E-state index contributed by atoms with van der Waals surface area (Å²) in [6, 6.07) is 6.65. The minimum absolute atomic E-state index is 0.0387. The van der Waals surface area contributed by atoms with Crippen molar-refractivity contribution in [2.45, 2.75) is 37.8 Å². The number of nitrogens with zero attached hydrogens (tertiary/aromatic N) is 2. The molecule has 0 saturated heterocycles. The second-order valence-electron chi connectivity index (χ2n) is 7.88. The summed E-state index contributed by atoms with van der Waals surface area (Å²) in [6.45, 7) is 1.65. The highest BCUT2D eigenvalue weighted by Crippen LogP contribution is 2.50. The third kappa shape index (κ3) is 4.74. The second kappa shape index (κ2) is 9.40. The number of hydrogen-bond acceptors (Lipinski definition) is 6. The van der Waals surface area contributed by atoms with Gasteiger partial charge in [0.25, 0.3) is 11.5 Å². The number of aryl methyl sites for hydroxylation is 1. The van der Waals surface area contributed by atoms with Crippen molar-refractivity contribution in [2.75, 3.05) is 7.11 Å². The Kier molecular flexibility index (Phi) is 6.82. The Morgan fingerprint density at radius 1 is 1.17 bits per heavy atom. The maximum absolute atomic E-state index is 14.3. The average molecular weight is 551 g/mol. The van der Waals surface area contributed by atoms with Gasteiger partial charge in [-0.05, 0) is 47.5 Å². The highest BCUT2D eigenvalue weighted by atomic mass is 35.5. The monoisotopic (exact) mass is 549 g/mol. The van der Waals surface area contributed by atoms with Gasteiger partial charge in [0.15, 0.2) is 0 Å². The first-order valence-corrected chi connectivity index (χ1v) is 11.2. The van der Waals surface area contributed by atoms with Crippen LogP contribution in [-0.2, 0) is 20.0 Å². The van der Waals surface area contributed by atoms with E-state index in [1.165, 1.54) is 19.2 Å². The minimum atomic E-state index is -4.85. The lowest BCUT2D eigenvalue weighted by Crippen LogP contribution is -2.42. The van der Waals surface area contributed by atoms with Crippen molar-refractivity contribution >= 4 is 52.3 Å². The summed E-state index contributed by atoms with van der Waals surface area (Å²) in [5.41, 5.74) is -1.92. The van der Waals surface area contributed by atoms with E-state index in [0.717, 1.165) is 12.1 Å². The third-order valence-corrected chi connectivity index (χ3v) is 6.81. The average Bonchev–Trinajstić information content (AvgIpc) is 3.44. The van der Waals surface area contributed by atoms with Crippen molar-refractivity contribution in [3.8, 4) is 0 Å². The molecule has 0 radical (unpaired) electrons. The van der Waals surface area contributed by atoms with Gasteiger partial charge in [0, 0.05) is 17.5 Å². The molecular formula is C22H17Cl3F3N3O4. The lowest BCUT2D eigenvalue weighted by Gasteiger charge is -2.30. The van der Waals surface area contributed by atoms with Crippen LogP contribution in [0.4, 0.5) is 13.2 Å². The highest BCUT2D eigenvalue weighted by Gasteiger charge is 2.62. The van der Waals surface area contributed by atoms with Gasteiger partial charge in [-0.25, -0.2) is 0 Å². The number of oxime groups is 2. The van der Waals surface area contributed by atoms with Gasteiger partial charge >= 0.3 is 6.18 Å². The van der Waals surface area contributed by atoms with E-state index in [1.807, 2.05) is 0 Å². The topological polar surface area (TPSA) is 81.5 Å². The Morgan fingerprint density at radius 2 is 1.86 bits per heavy atom. The van der Waals surface area contributed by atoms with Crippen molar-refractivity contribution in [1.82, 2.24) is 5.32 Å². The number of ether oxygens (including phenoxy) is 1. The van der Waals surface area contributed by atoms with Crippen molar-refractivity contribution in [3.63, 3.8) is 0 Å². The van der Waals surface area contributed by atoms with Gasteiger partial charge in [-0.15, -0.1) is 0 Å². The van der Waals surface area contributed by atoms with Gasteiger partial charge in [-0.1, -0.05) is 46.0 Å². The van der Waals surface area contributed by atoms with Crippen LogP contribution in [0.15, 0.2) is 40.6 Å². The molecule has 2 aromatic rings. The number of nitrogens with one attached hydrogen (secondary N) is 1. The molecular weight excluding hydrogens is 534 g/mol. The van der Waals surface area contributed by atoms with Crippen LogP contribution in [0.2, 0.25) is 15.1 Å². The van der Waals surface area contributed by atoms with Crippen LogP contribution in [0.3, 0.4) is 0 Å². The molecule has 186 valence electrons. The van der Waals surface area contributed by atoms with Crippen LogP contribution < -0.4 is 5.32 Å². The van der Waals surface area contributed by atoms with Gasteiger partial charge in [-0.3, -0.25) is 4.79 Å². The number of methoxy groups -OCH3 is 1. The van der Waals surface area contributed by atoms with E-state index in [9.17, 15) is 18.0 Å². The summed E-state index contributed by atoms with van der Waals surface area (Å²) in [5, 5.41) is 9.72. The predicted octanol–water partition coefficient (Wildman–Crippen LogP) is 5.97. The fourth-order valence-electron chi connectivity index (χ4n) is 3.72. The van der Waals surface area contributed by atoms with E-state index in [1.54, 1.807) is 13.0 Å². The predicted molar refractivity (Wildman–Crippen MR) is 124 cm³/mol. The number of carbonyl (C=O) groups is 1. The molecule has 0 fully saturated rings. The first-order chi connectivity index (χ1) is 16.4. The number of halogens is 6. The fourth-order valence-corrected chi connectivity index (χ4v) is 4.32. The molecule has 1 N–H and O–H groups in total. The molecule has 35 heavy (non-hydrogen) atoms. The quantitative estimate of drug-likeness (QED) is 0.476. The zero-order valence-electron chi connectivity index (χ0n) is 18.2. The summed E-state index contributed by atoms with van der Waals surface area (Å²) >= 11 is 17.8. The highest BCUT2D eigenvalue weighted by molar-refractivity contribution is 6.48. The van der Waals surface area contributed by atoms with Gasteiger partial charge in [-0.2, -0.15) is 13.2 Å². The molecule has 0 aromatic heterocycles. The van der Waals surface area contributed by atoms with E-state index >= 15 is 0 Å². The molecule has 2 aliphatic rings. The van der Waals surface area contributed by atoms with Crippen LogP contribution >= 0.6 is 34.8 Å². The number of hydrogen-bond donors (Lipinski definition) is 1. The van der Waals surface area contributed by atoms with Crippen molar-refractivity contribution < 1.29 is 32.4 Å². The molecule has 2 aromatic carbocycles. The van der Waals surface area contributed by atoms with Gasteiger partial charge in [0.1, 0.15) is 0 Å². The Labute approximate surface area is 212 Å². The zero-order chi connectivity index (χ0) is 25.5. The third-order valence-electron chi connectivity index (χ3n) is 5.61. The summed E-state index contributed by atoms with van der Waals surface area (Å²) in [4.78, 5) is 22.7. The number of benzene rings is 2. The molecule has 0 spiro atoms. The normalized spacial score (nSPS) is 21.7. The molecule has 0 saturated carbocycles. The summed E-state index contributed by atoms with van der Waals surface area (Å²) in [7, 11) is 1.44. The maximum Gasteiger partial charge on any atom is 0.435 e. The molecule has 2 heterocycles. The number of rotatable bonds is 4. The number of carbonyl (C=O) groups excluding carboxylic acids is 1. The molecule has 7 nitrogen and oxygen atoms in total. The minimum Gasteiger partial charge on any atom is -0.482 e. The lowest BCUT2D eigenvalue weighted by atomic mass is 9.86. The molecule has 0 bridgehead atoms. The first-order valence-electron chi connectivity index (χ1n) is 10.1. The van der Waals surface area contributed by atoms with Crippen molar-refractivity contribution in [2.24, 2.45) is 10.3 Å². The molecule has 0 aliphatic carbocycles. The Bertz CT molecular complexity index is 1230. The lowest BCUT2D eigenvalue weighted by molar-refractivity contribution is -0.275. The van der Waals surface area contributed by atoms with Crippen LogP contribution in [0, 0.1) is 6.92 Å². The van der Waals surface area contributed by atoms with E-state index < -0.39 is 30.3 Å². The summed E-state index contributed by atoms with van der Waals surface area (Å²) in [6.07, 6.45) is -5.90. The van der Waals surface area contributed by atoms with Crippen molar-refractivity contribution in [1.29, 1.82) is 0 Å². The van der Waals surface area contributed by atoms with E-state index in [4.69, 9.17) is 49.2 Å². The van der Waals surface area contributed by atoms with Crippen LogP contribution in [0.1, 0.15) is 39.9 Å². The molecule has 4 rings (SSSR count). The van der Waals surface area contributed by atoms with Gasteiger partial charge < -0.3 is 19.7 Å². The van der Waals surface area contributed by atoms with Crippen LogP contribution in [0.25, 0.3) is 0 Å². The summed E-state index contributed by atoms with van der Waals surface area (Å²) in [5.74, 6) is -0.0932. The molecule has 13 heteroatoms. The molecule has 2 atom stereocenters. The molecule has 2 aliphatic heterocycles. The number of alkyl halides is 3. The van der Waals surface area contributed by atoms with Crippen LogP contribution in [-0.4, -0.2) is 37.0 Å². The second-order valence-corrected chi connectivity index (χ2v) is 9.07. The van der Waals surface area contributed by atoms with E-state index in [0.29, 0.717) is 22.6 Å². The largest absolute Gasteiger partial charge is 0.482 e. The zero-order valence-corrected chi connectivity index (χ0v) is 20.4. The van der Waals surface area contributed by atoms with Gasteiger partial charge in [0.05, 0.1) is 34.3 Å². The standard InChI is InChI=1S/C22H17Cl3F3N3O4/c1-10-5-11(3-4-13(10)20(32)29-17-8-18(33-2)31-34-17)16-9-21(35-30-16,22(26,27)28)12-6-14(23)19(25)15(24)7-12/h3-7,17H,8-9H2,1-2H3,(H,29,32)/t17-,21?/m1/s1. The maximum atomic E-state index is 14.3. The Hall–Kier alpha value is -2.69. The smallest absolute Gasteiger partial charge is 0.435 e. The first kappa shape index (κ1) is 25.4. The van der Waals surface area contributed by atoms with Gasteiger partial charge in [0.2, 0.25) is 12.1 Å². The fraction of sp³-hybridized carbons (Fsp3) is 0.318. The van der Waals surface area contributed by atoms with Crippen molar-refractivity contribution in [3.05, 3.63) is 67.7 Å². The Balaban J connectivity index is 1.56. The number of amides is 1.